The number of nitrogens with zero attached hydrogens (tertiary/aromatic N) is 1. The Morgan fingerprint density at radius 1 is 1.40 bits per heavy atom. The molecule has 0 heterocycles. The number of rotatable bonds is 5. The summed E-state index contributed by atoms with van der Waals surface area (Å²) in [6.45, 7) is 2.19. The zero-order valence-electron chi connectivity index (χ0n) is 13.2. The molecule has 1 amide bonds. The Morgan fingerprint density at radius 2 is 2.08 bits per heavy atom. The standard InChI is InChI=1S/C18H14ClIN2O3/c1-2-25-16-9-11(8-15(20)17(16)23)7-12(10-21)18(24)22-14-5-3-13(19)4-6-14/h3-9,23H,2H2,1H3,(H,22,24)/b12-7-. The van der Waals surface area contributed by atoms with Crippen LogP contribution in [0.1, 0.15) is 12.5 Å². The minimum Gasteiger partial charge on any atom is -0.504 e. The van der Waals surface area contributed by atoms with Gasteiger partial charge in [0.15, 0.2) is 11.5 Å². The zero-order valence-corrected chi connectivity index (χ0v) is 16.1. The Labute approximate surface area is 164 Å². The maximum Gasteiger partial charge on any atom is 0.266 e. The van der Waals surface area contributed by atoms with Crippen LogP contribution < -0.4 is 10.1 Å². The van der Waals surface area contributed by atoms with Crippen molar-refractivity contribution in [2.24, 2.45) is 0 Å². The monoisotopic (exact) mass is 468 g/mol. The molecule has 0 spiro atoms. The number of nitriles is 1. The van der Waals surface area contributed by atoms with Crippen molar-refractivity contribution >= 4 is 51.9 Å². The average Bonchev–Trinajstić information content (AvgIpc) is 2.59. The molecule has 0 aromatic heterocycles. The minimum atomic E-state index is -0.536. The van der Waals surface area contributed by atoms with Gasteiger partial charge in [0.25, 0.3) is 5.91 Å². The molecular formula is C18H14ClIN2O3. The van der Waals surface area contributed by atoms with Gasteiger partial charge in [-0.2, -0.15) is 5.26 Å². The third kappa shape index (κ3) is 5.11. The van der Waals surface area contributed by atoms with Crippen LogP contribution in [0.15, 0.2) is 42.0 Å². The van der Waals surface area contributed by atoms with Crippen molar-refractivity contribution in [1.82, 2.24) is 0 Å². The van der Waals surface area contributed by atoms with Crippen molar-refractivity contribution in [1.29, 1.82) is 5.26 Å². The van der Waals surface area contributed by atoms with Gasteiger partial charge in [-0.1, -0.05) is 11.6 Å². The molecule has 2 N–H and O–H groups in total. The first kappa shape index (κ1) is 19.1. The number of nitrogens with one attached hydrogen (secondary N) is 1. The minimum absolute atomic E-state index is 0.0312. The van der Waals surface area contributed by atoms with E-state index in [0.29, 0.717) is 32.2 Å². The molecule has 0 fully saturated rings. The molecule has 2 aromatic rings. The van der Waals surface area contributed by atoms with E-state index in [4.69, 9.17) is 16.3 Å². The number of aromatic hydroxyl groups is 1. The predicted octanol–water partition coefficient (Wildman–Crippen LogP) is 4.59. The molecule has 0 saturated heterocycles. The number of carbonyl (C=O) groups excluding carboxylic acids is 1. The Bertz CT molecular complexity index is 858. The van der Waals surface area contributed by atoms with Gasteiger partial charge in [-0.25, -0.2) is 0 Å². The number of phenols is 1. The summed E-state index contributed by atoms with van der Waals surface area (Å²) < 4.78 is 5.92. The lowest BCUT2D eigenvalue weighted by atomic mass is 10.1. The molecular weight excluding hydrogens is 455 g/mol. The van der Waals surface area contributed by atoms with Crippen LogP contribution >= 0.6 is 34.2 Å². The molecule has 0 aliphatic rings. The molecule has 2 rings (SSSR count). The number of hydrogen-bond donors (Lipinski definition) is 2. The summed E-state index contributed by atoms with van der Waals surface area (Å²) in [5.74, 6) is -0.203. The smallest absolute Gasteiger partial charge is 0.266 e. The van der Waals surface area contributed by atoms with E-state index < -0.39 is 5.91 Å². The lowest BCUT2D eigenvalue weighted by Gasteiger charge is -2.09. The van der Waals surface area contributed by atoms with Crippen molar-refractivity contribution < 1.29 is 14.6 Å². The van der Waals surface area contributed by atoms with Gasteiger partial charge in [-0.3, -0.25) is 4.79 Å². The largest absolute Gasteiger partial charge is 0.504 e. The maximum absolute atomic E-state index is 12.3. The van der Waals surface area contributed by atoms with Gasteiger partial charge in [-0.15, -0.1) is 0 Å². The van der Waals surface area contributed by atoms with E-state index in [9.17, 15) is 15.2 Å². The van der Waals surface area contributed by atoms with E-state index in [1.54, 1.807) is 43.3 Å². The van der Waals surface area contributed by atoms with E-state index in [2.05, 4.69) is 5.32 Å². The van der Waals surface area contributed by atoms with Crippen LogP contribution in [0, 0.1) is 14.9 Å². The van der Waals surface area contributed by atoms with Gasteiger partial charge in [0.2, 0.25) is 0 Å². The first-order valence-corrected chi connectivity index (χ1v) is 8.74. The fourth-order valence-electron chi connectivity index (χ4n) is 1.99. The molecule has 0 aliphatic carbocycles. The molecule has 7 heteroatoms. The van der Waals surface area contributed by atoms with Gasteiger partial charge in [0.1, 0.15) is 11.6 Å². The highest BCUT2D eigenvalue weighted by Gasteiger charge is 2.12. The Kier molecular flexibility index (Phi) is 6.67. The van der Waals surface area contributed by atoms with Crippen LogP contribution in [0.2, 0.25) is 5.02 Å². The summed E-state index contributed by atoms with van der Waals surface area (Å²) in [6.07, 6.45) is 1.44. The molecule has 128 valence electrons. The summed E-state index contributed by atoms with van der Waals surface area (Å²) in [4.78, 5) is 12.3. The molecule has 0 aliphatic heterocycles. The second-order valence-corrected chi connectivity index (χ2v) is 6.51. The third-order valence-corrected chi connectivity index (χ3v) is 4.20. The molecule has 0 unspecified atom stereocenters. The van der Waals surface area contributed by atoms with Crippen LogP contribution in [-0.4, -0.2) is 17.6 Å². The van der Waals surface area contributed by atoms with Gasteiger partial charge >= 0.3 is 0 Å². The van der Waals surface area contributed by atoms with Crippen LogP contribution in [0.4, 0.5) is 5.69 Å². The highest BCUT2D eigenvalue weighted by Crippen LogP contribution is 2.33. The predicted molar refractivity (Wildman–Crippen MR) is 106 cm³/mol. The van der Waals surface area contributed by atoms with E-state index >= 15 is 0 Å². The number of halogens is 2. The number of anilines is 1. The van der Waals surface area contributed by atoms with Crippen molar-refractivity contribution in [3.63, 3.8) is 0 Å². The SMILES string of the molecule is CCOc1cc(/C=C(/C#N)C(=O)Nc2ccc(Cl)cc2)cc(I)c1O. The van der Waals surface area contributed by atoms with Crippen molar-refractivity contribution in [2.45, 2.75) is 6.92 Å². The van der Waals surface area contributed by atoms with Crippen LogP contribution in [-0.2, 0) is 4.79 Å². The number of amides is 1. The highest BCUT2D eigenvalue weighted by molar-refractivity contribution is 14.1. The van der Waals surface area contributed by atoms with E-state index in [-0.39, 0.29) is 11.3 Å². The maximum atomic E-state index is 12.3. The molecule has 0 radical (unpaired) electrons. The van der Waals surface area contributed by atoms with Gasteiger partial charge in [0.05, 0.1) is 10.2 Å². The van der Waals surface area contributed by atoms with Gasteiger partial charge < -0.3 is 15.2 Å². The Balaban J connectivity index is 2.29. The number of hydrogen-bond acceptors (Lipinski definition) is 4. The number of carbonyl (C=O) groups is 1. The van der Waals surface area contributed by atoms with Crippen molar-refractivity contribution in [2.75, 3.05) is 11.9 Å². The topological polar surface area (TPSA) is 82.3 Å². The average molecular weight is 469 g/mol. The third-order valence-electron chi connectivity index (χ3n) is 3.13. The summed E-state index contributed by atoms with van der Waals surface area (Å²) in [5.41, 5.74) is 1.04. The van der Waals surface area contributed by atoms with Crippen LogP contribution in [0.5, 0.6) is 11.5 Å². The molecule has 5 nitrogen and oxygen atoms in total. The zero-order chi connectivity index (χ0) is 18.4. The molecule has 0 saturated carbocycles. The van der Waals surface area contributed by atoms with E-state index in [1.807, 2.05) is 28.7 Å². The fourth-order valence-corrected chi connectivity index (χ4v) is 2.74. The molecule has 0 bridgehead atoms. The quantitative estimate of drug-likeness (QED) is 0.382. The normalized spacial score (nSPS) is 10.9. The fraction of sp³-hybridized carbons (Fsp3) is 0.111. The van der Waals surface area contributed by atoms with Crippen molar-refractivity contribution in [3.8, 4) is 17.6 Å². The molecule has 25 heavy (non-hydrogen) atoms. The lowest BCUT2D eigenvalue weighted by molar-refractivity contribution is -0.112. The summed E-state index contributed by atoms with van der Waals surface area (Å²) in [6, 6.07) is 11.7. The number of ether oxygens (including phenoxy) is 1. The van der Waals surface area contributed by atoms with E-state index in [1.165, 1.54) is 6.08 Å². The number of phenolic OH excluding ortho intramolecular Hbond substituents is 1. The molecule has 2 aromatic carbocycles. The summed E-state index contributed by atoms with van der Waals surface area (Å²) in [5, 5.41) is 22.4. The first-order valence-electron chi connectivity index (χ1n) is 7.28. The lowest BCUT2D eigenvalue weighted by Crippen LogP contribution is -2.13. The summed E-state index contributed by atoms with van der Waals surface area (Å²) >= 11 is 7.76. The second kappa shape index (κ2) is 8.74. The Morgan fingerprint density at radius 3 is 2.68 bits per heavy atom. The van der Waals surface area contributed by atoms with E-state index in [0.717, 1.165) is 0 Å². The van der Waals surface area contributed by atoms with Crippen molar-refractivity contribution in [3.05, 3.63) is 56.1 Å². The second-order valence-electron chi connectivity index (χ2n) is 4.91. The van der Waals surface area contributed by atoms with Crippen LogP contribution in [0.25, 0.3) is 6.08 Å². The van der Waals surface area contributed by atoms with Crippen LogP contribution in [0.3, 0.4) is 0 Å². The summed E-state index contributed by atoms with van der Waals surface area (Å²) in [7, 11) is 0. The highest BCUT2D eigenvalue weighted by atomic mass is 127. The first-order chi connectivity index (χ1) is 11.9. The van der Waals surface area contributed by atoms with Gasteiger partial charge in [0, 0.05) is 10.7 Å². The molecule has 0 atom stereocenters. The number of benzene rings is 2. The van der Waals surface area contributed by atoms with Gasteiger partial charge in [-0.05, 0) is 77.6 Å². The Hall–Kier alpha value is -2.24.